The zero-order valence-electron chi connectivity index (χ0n) is 16.7. The van der Waals surface area contributed by atoms with Crippen LogP contribution in [0.25, 0.3) is 0 Å². The second kappa shape index (κ2) is 8.81. The van der Waals surface area contributed by atoms with E-state index in [1.807, 2.05) is 12.1 Å². The average Bonchev–Trinajstić information content (AvgIpc) is 2.79. The highest BCUT2D eigenvalue weighted by Gasteiger charge is 2.44. The Bertz CT molecular complexity index is 927. The number of hydrogen-bond acceptors (Lipinski definition) is 9. The number of ketones is 1. The lowest BCUT2D eigenvalue weighted by molar-refractivity contribution is -0.277. The van der Waals surface area contributed by atoms with Gasteiger partial charge >= 0.3 is 0 Å². The largest absolute Gasteiger partial charge is 0.497 e. The first-order valence-electron chi connectivity index (χ1n) is 9.86. The topological polar surface area (TPSA) is 135 Å². The SMILES string of the molecule is COc1ccc(C2CC(=O)c3ccc(O[C@@H]4O[C@H](CO)[C@@H](O)[C@H](O)[C@H]4O)cc3O2)cc1. The minimum Gasteiger partial charge on any atom is -0.497 e. The number of fused-ring (bicyclic) bond motifs is 1. The smallest absolute Gasteiger partial charge is 0.229 e. The third kappa shape index (κ3) is 4.23. The Labute approximate surface area is 178 Å². The molecule has 1 saturated heterocycles. The van der Waals surface area contributed by atoms with E-state index in [0.717, 1.165) is 5.56 Å². The fraction of sp³-hybridized carbons (Fsp3) is 0.409. The molecule has 4 rings (SSSR count). The zero-order valence-corrected chi connectivity index (χ0v) is 16.7. The maximum Gasteiger partial charge on any atom is 0.229 e. The molecule has 0 spiro atoms. The normalized spacial score (nSPS) is 30.3. The Morgan fingerprint density at radius 1 is 1.00 bits per heavy atom. The number of aliphatic hydroxyl groups excluding tert-OH is 4. The van der Waals surface area contributed by atoms with Crippen molar-refractivity contribution in [2.24, 2.45) is 0 Å². The van der Waals surface area contributed by atoms with E-state index in [-0.39, 0.29) is 18.0 Å². The molecule has 1 fully saturated rings. The van der Waals surface area contributed by atoms with Gasteiger partial charge in [-0.3, -0.25) is 4.79 Å². The highest BCUT2D eigenvalue weighted by Crippen LogP contribution is 2.38. The van der Waals surface area contributed by atoms with E-state index in [2.05, 4.69) is 0 Å². The van der Waals surface area contributed by atoms with Crippen LogP contribution in [0.5, 0.6) is 17.2 Å². The van der Waals surface area contributed by atoms with Crippen molar-refractivity contribution in [3.8, 4) is 17.2 Å². The molecule has 2 aliphatic heterocycles. The van der Waals surface area contributed by atoms with Gasteiger partial charge in [0.25, 0.3) is 0 Å². The number of carbonyl (C=O) groups excluding carboxylic acids is 1. The van der Waals surface area contributed by atoms with Crippen molar-refractivity contribution in [3.63, 3.8) is 0 Å². The summed E-state index contributed by atoms with van der Waals surface area (Å²) in [6.45, 7) is -0.559. The van der Waals surface area contributed by atoms with E-state index in [1.165, 1.54) is 12.1 Å². The molecule has 0 saturated carbocycles. The third-order valence-electron chi connectivity index (χ3n) is 5.48. The monoisotopic (exact) mass is 432 g/mol. The third-order valence-corrected chi connectivity index (χ3v) is 5.48. The predicted octanol–water partition coefficient (Wildman–Crippen LogP) is 0.580. The van der Waals surface area contributed by atoms with Gasteiger partial charge in [0.15, 0.2) is 5.78 Å². The number of benzene rings is 2. The van der Waals surface area contributed by atoms with Gasteiger partial charge in [0.05, 0.1) is 25.7 Å². The number of Topliss-reactive ketones (excluding diaryl/α,β-unsaturated/α-hetero) is 1. The van der Waals surface area contributed by atoms with E-state index < -0.39 is 43.4 Å². The van der Waals surface area contributed by atoms with Crippen molar-refractivity contribution in [1.29, 1.82) is 0 Å². The summed E-state index contributed by atoms with van der Waals surface area (Å²) < 4.78 is 22.2. The Kier molecular flexibility index (Phi) is 6.12. The van der Waals surface area contributed by atoms with Gasteiger partial charge in [-0.25, -0.2) is 0 Å². The van der Waals surface area contributed by atoms with Crippen LogP contribution in [-0.4, -0.2) is 70.6 Å². The Balaban J connectivity index is 1.53. The molecule has 2 heterocycles. The van der Waals surface area contributed by atoms with Crippen LogP contribution in [0, 0.1) is 0 Å². The summed E-state index contributed by atoms with van der Waals surface area (Å²) >= 11 is 0. The van der Waals surface area contributed by atoms with Crippen LogP contribution in [0.15, 0.2) is 42.5 Å². The molecule has 1 unspecified atom stereocenters. The van der Waals surface area contributed by atoms with Crippen molar-refractivity contribution in [3.05, 3.63) is 53.6 Å². The zero-order chi connectivity index (χ0) is 22.1. The maximum absolute atomic E-state index is 12.6. The van der Waals surface area contributed by atoms with Gasteiger partial charge < -0.3 is 39.4 Å². The van der Waals surface area contributed by atoms with Gasteiger partial charge in [0.1, 0.15) is 47.8 Å². The summed E-state index contributed by atoms with van der Waals surface area (Å²) in [6.07, 6.45) is -7.27. The second-order valence-corrected chi connectivity index (χ2v) is 7.48. The number of rotatable bonds is 5. The molecule has 0 radical (unpaired) electrons. The van der Waals surface area contributed by atoms with Crippen molar-refractivity contribution in [1.82, 2.24) is 0 Å². The minimum absolute atomic E-state index is 0.0820. The van der Waals surface area contributed by atoms with Crippen LogP contribution in [0.2, 0.25) is 0 Å². The van der Waals surface area contributed by atoms with Crippen LogP contribution >= 0.6 is 0 Å². The predicted molar refractivity (Wildman–Crippen MR) is 106 cm³/mol. The number of carbonyl (C=O) groups is 1. The highest BCUT2D eigenvalue weighted by molar-refractivity contribution is 6.00. The molecule has 2 aliphatic rings. The molecule has 4 N–H and O–H groups in total. The lowest BCUT2D eigenvalue weighted by Crippen LogP contribution is -2.60. The summed E-state index contributed by atoms with van der Waals surface area (Å²) in [5.41, 5.74) is 1.23. The lowest BCUT2D eigenvalue weighted by Gasteiger charge is -2.39. The summed E-state index contributed by atoms with van der Waals surface area (Å²) in [5, 5.41) is 39.3. The molecule has 9 heteroatoms. The Morgan fingerprint density at radius 2 is 1.71 bits per heavy atom. The van der Waals surface area contributed by atoms with Crippen molar-refractivity contribution < 1.29 is 44.2 Å². The Hall–Kier alpha value is -2.69. The first-order chi connectivity index (χ1) is 14.9. The molecule has 0 bridgehead atoms. The minimum atomic E-state index is -1.55. The van der Waals surface area contributed by atoms with Gasteiger partial charge in [0, 0.05) is 6.07 Å². The molecule has 31 heavy (non-hydrogen) atoms. The highest BCUT2D eigenvalue weighted by atomic mass is 16.7. The van der Waals surface area contributed by atoms with Gasteiger partial charge in [-0.1, -0.05) is 12.1 Å². The summed E-state index contributed by atoms with van der Waals surface area (Å²) in [6, 6.07) is 11.8. The fourth-order valence-corrected chi connectivity index (χ4v) is 3.68. The molecule has 166 valence electrons. The van der Waals surface area contributed by atoms with Crippen LogP contribution in [-0.2, 0) is 4.74 Å². The van der Waals surface area contributed by atoms with Gasteiger partial charge in [-0.05, 0) is 29.8 Å². The van der Waals surface area contributed by atoms with Crippen molar-refractivity contribution >= 4 is 5.78 Å². The average molecular weight is 432 g/mol. The summed E-state index contributed by atoms with van der Waals surface area (Å²) in [7, 11) is 1.57. The molecule has 0 aliphatic carbocycles. The van der Waals surface area contributed by atoms with E-state index in [1.54, 1.807) is 25.3 Å². The first kappa shape index (κ1) is 21.5. The molecule has 2 aromatic rings. The van der Waals surface area contributed by atoms with Crippen LogP contribution in [0.3, 0.4) is 0 Å². The standard InChI is InChI=1S/C22H24O9/c1-28-12-4-2-11(3-5-12)16-9-15(24)14-7-6-13(8-17(14)30-16)29-22-21(27)20(26)19(25)18(10-23)31-22/h2-8,16,18-23,25-27H,9-10H2,1H3/t16?,18-,19-,20+,21-,22-/m1/s1. The molecule has 2 aromatic carbocycles. The number of aliphatic hydroxyl groups is 4. The number of methoxy groups -OCH3 is 1. The van der Waals surface area contributed by atoms with E-state index in [9.17, 15) is 25.2 Å². The number of ether oxygens (including phenoxy) is 4. The van der Waals surface area contributed by atoms with E-state index in [0.29, 0.717) is 17.1 Å². The molecular weight excluding hydrogens is 408 g/mol. The van der Waals surface area contributed by atoms with E-state index in [4.69, 9.17) is 18.9 Å². The number of hydrogen-bond donors (Lipinski definition) is 4. The van der Waals surface area contributed by atoms with Gasteiger partial charge in [-0.15, -0.1) is 0 Å². The van der Waals surface area contributed by atoms with Crippen LogP contribution in [0.1, 0.15) is 28.4 Å². The second-order valence-electron chi connectivity index (χ2n) is 7.48. The van der Waals surface area contributed by atoms with Gasteiger partial charge in [0.2, 0.25) is 6.29 Å². The summed E-state index contributed by atoms with van der Waals surface area (Å²) in [4.78, 5) is 12.6. The van der Waals surface area contributed by atoms with Crippen molar-refractivity contribution in [2.45, 2.75) is 43.2 Å². The fourth-order valence-electron chi connectivity index (χ4n) is 3.68. The lowest BCUT2D eigenvalue weighted by atomic mass is 9.96. The molecule has 0 amide bonds. The molecule has 9 nitrogen and oxygen atoms in total. The maximum atomic E-state index is 12.6. The Morgan fingerprint density at radius 3 is 2.39 bits per heavy atom. The van der Waals surface area contributed by atoms with Crippen LogP contribution in [0.4, 0.5) is 0 Å². The van der Waals surface area contributed by atoms with Crippen LogP contribution < -0.4 is 14.2 Å². The van der Waals surface area contributed by atoms with Gasteiger partial charge in [-0.2, -0.15) is 0 Å². The molecule has 0 aromatic heterocycles. The molecule has 6 atom stereocenters. The first-order valence-corrected chi connectivity index (χ1v) is 9.86. The van der Waals surface area contributed by atoms with E-state index >= 15 is 0 Å². The summed E-state index contributed by atoms with van der Waals surface area (Å²) in [5.74, 6) is 1.16. The molecular formula is C22H24O9. The van der Waals surface area contributed by atoms with Crippen molar-refractivity contribution in [2.75, 3.05) is 13.7 Å². The quantitative estimate of drug-likeness (QED) is 0.535.